The topological polar surface area (TPSA) is 82.8 Å². The van der Waals surface area contributed by atoms with Crippen molar-refractivity contribution in [3.8, 4) is 0 Å². The van der Waals surface area contributed by atoms with Gasteiger partial charge in [-0.25, -0.2) is 9.59 Å². The molecule has 1 aromatic heterocycles. The first-order valence-electron chi connectivity index (χ1n) is 9.82. The van der Waals surface area contributed by atoms with Crippen LogP contribution in [0.2, 0.25) is 0 Å². The van der Waals surface area contributed by atoms with Crippen LogP contribution in [0.4, 0.5) is 0 Å². The SMILES string of the molecule is CC1=C[C@@H]2c3cccc4c3c(cn4C(C)C)C[C@H]2N(C)C1.O=C(O)/C=C\C(=O)O. The number of fused-ring (bicyclic) bond motifs is 2. The third-order valence-electron chi connectivity index (χ3n) is 5.63. The summed E-state index contributed by atoms with van der Waals surface area (Å²) in [5.74, 6) is -1.96. The number of carbonyl (C=O) groups is 2. The van der Waals surface area contributed by atoms with Crippen molar-refractivity contribution in [2.45, 2.75) is 45.2 Å². The molecule has 1 aliphatic heterocycles. The van der Waals surface area contributed by atoms with Gasteiger partial charge in [-0.3, -0.25) is 4.90 Å². The number of rotatable bonds is 3. The van der Waals surface area contributed by atoms with Crippen LogP contribution in [0.5, 0.6) is 0 Å². The Hall–Kier alpha value is -2.86. The summed E-state index contributed by atoms with van der Waals surface area (Å²) in [6, 6.07) is 8.00. The van der Waals surface area contributed by atoms with E-state index in [1.807, 2.05) is 0 Å². The van der Waals surface area contributed by atoms with Gasteiger partial charge in [0.15, 0.2) is 0 Å². The van der Waals surface area contributed by atoms with Crippen molar-refractivity contribution in [2.75, 3.05) is 13.6 Å². The number of carboxylic acids is 2. The van der Waals surface area contributed by atoms with Gasteiger partial charge in [-0.1, -0.05) is 23.8 Å². The predicted octanol–water partition coefficient (Wildman–Crippen LogP) is 3.83. The second-order valence-electron chi connectivity index (χ2n) is 8.13. The molecule has 6 nitrogen and oxygen atoms in total. The molecule has 0 saturated carbocycles. The molecule has 1 aliphatic carbocycles. The molecule has 2 aromatic rings. The van der Waals surface area contributed by atoms with Crippen LogP contribution in [0.25, 0.3) is 10.9 Å². The van der Waals surface area contributed by atoms with Crippen LogP contribution in [0, 0.1) is 0 Å². The normalized spacial score (nSPS) is 20.9. The predicted molar refractivity (Wildman–Crippen MR) is 113 cm³/mol. The number of aromatic nitrogens is 1. The van der Waals surface area contributed by atoms with Crippen LogP contribution in [0.3, 0.4) is 0 Å². The molecule has 0 spiro atoms. The quantitative estimate of drug-likeness (QED) is 0.609. The third-order valence-corrected chi connectivity index (χ3v) is 5.63. The lowest BCUT2D eigenvalue weighted by Gasteiger charge is -2.40. The summed E-state index contributed by atoms with van der Waals surface area (Å²) in [5, 5.41) is 17.1. The molecule has 6 heteroatoms. The van der Waals surface area contributed by atoms with E-state index in [1.54, 1.807) is 0 Å². The van der Waals surface area contributed by atoms with Crippen molar-refractivity contribution in [3.63, 3.8) is 0 Å². The summed E-state index contributed by atoms with van der Waals surface area (Å²) < 4.78 is 2.45. The lowest BCUT2D eigenvalue weighted by Crippen LogP contribution is -2.43. The molecule has 2 aliphatic rings. The molecule has 29 heavy (non-hydrogen) atoms. The van der Waals surface area contributed by atoms with Gasteiger partial charge in [0.1, 0.15) is 0 Å². The summed E-state index contributed by atoms with van der Waals surface area (Å²) >= 11 is 0. The van der Waals surface area contributed by atoms with Crippen molar-refractivity contribution in [1.82, 2.24) is 9.47 Å². The minimum Gasteiger partial charge on any atom is -0.478 e. The number of nitrogens with zero attached hydrogens (tertiary/aromatic N) is 2. The molecule has 1 aromatic carbocycles. The first kappa shape index (κ1) is 20.9. The van der Waals surface area contributed by atoms with Crippen molar-refractivity contribution in [2.24, 2.45) is 0 Å². The average molecular weight is 396 g/mol. The highest BCUT2D eigenvalue weighted by Gasteiger charge is 2.35. The average Bonchev–Trinajstić information content (AvgIpc) is 3.02. The van der Waals surface area contributed by atoms with E-state index in [9.17, 15) is 9.59 Å². The molecule has 0 saturated heterocycles. The zero-order valence-electron chi connectivity index (χ0n) is 17.3. The second kappa shape index (κ2) is 8.25. The molecule has 154 valence electrons. The molecule has 2 N–H and O–H groups in total. The Kier molecular flexibility index (Phi) is 5.94. The van der Waals surface area contributed by atoms with Gasteiger partial charge in [0.2, 0.25) is 0 Å². The molecule has 0 fully saturated rings. The van der Waals surface area contributed by atoms with Gasteiger partial charge in [0, 0.05) is 53.8 Å². The number of carboxylic acid groups (broad SMARTS) is 2. The Morgan fingerprint density at radius 3 is 2.41 bits per heavy atom. The van der Waals surface area contributed by atoms with E-state index in [0.717, 1.165) is 6.54 Å². The first-order chi connectivity index (χ1) is 13.7. The van der Waals surface area contributed by atoms with E-state index in [4.69, 9.17) is 10.2 Å². The second-order valence-corrected chi connectivity index (χ2v) is 8.13. The Morgan fingerprint density at radius 2 is 1.83 bits per heavy atom. The van der Waals surface area contributed by atoms with Crippen molar-refractivity contribution >= 4 is 22.8 Å². The van der Waals surface area contributed by atoms with Crippen molar-refractivity contribution in [1.29, 1.82) is 0 Å². The third kappa shape index (κ3) is 4.27. The summed E-state index contributed by atoms with van der Waals surface area (Å²) in [6.45, 7) is 7.92. The van der Waals surface area contributed by atoms with E-state index in [2.05, 4.69) is 67.8 Å². The molecule has 0 bridgehead atoms. The Labute approximate surface area is 170 Å². The maximum atomic E-state index is 9.55. The Bertz CT molecular complexity index is 984. The van der Waals surface area contributed by atoms with Crippen LogP contribution in [0.1, 0.15) is 43.9 Å². The molecule has 4 rings (SSSR count). The summed E-state index contributed by atoms with van der Waals surface area (Å²) in [7, 11) is 2.28. The van der Waals surface area contributed by atoms with Crippen LogP contribution in [-0.2, 0) is 16.0 Å². The van der Waals surface area contributed by atoms with E-state index < -0.39 is 11.9 Å². The fraction of sp³-hybridized carbons (Fsp3) is 0.391. The zero-order chi connectivity index (χ0) is 21.3. The maximum Gasteiger partial charge on any atom is 0.328 e. The summed E-state index contributed by atoms with van der Waals surface area (Å²) in [5.41, 5.74) is 5.98. The molecule has 2 heterocycles. The van der Waals surface area contributed by atoms with E-state index in [0.29, 0.717) is 30.2 Å². The highest BCUT2D eigenvalue weighted by molar-refractivity contribution is 5.90. The van der Waals surface area contributed by atoms with Crippen molar-refractivity contribution < 1.29 is 19.8 Å². The molecule has 0 amide bonds. The number of likely N-dealkylation sites (N-methyl/N-ethyl adjacent to an activating group) is 1. The van der Waals surface area contributed by atoms with Gasteiger partial charge >= 0.3 is 11.9 Å². The lowest BCUT2D eigenvalue weighted by molar-refractivity contribution is -0.134. The minimum absolute atomic E-state index is 0.520. The standard InChI is InChI=1S/C19H24N2.C4H4O4/c1-12(2)21-11-14-9-18-16(8-13(3)10-20(18)4)15-6-5-7-17(21)19(14)15;5-3(6)1-2-4(7)8/h5-8,11-12,16,18H,9-10H2,1-4H3;1-2H,(H,5,6)(H,7,8)/b;2-1-/t16-,18-;/m1./s1. The van der Waals surface area contributed by atoms with E-state index in [1.165, 1.54) is 34.0 Å². The van der Waals surface area contributed by atoms with Gasteiger partial charge in [-0.05, 0) is 51.4 Å². The summed E-state index contributed by atoms with van der Waals surface area (Å²) in [6.07, 6.45) is 7.20. The largest absolute Gasteiger partial charge is 0.478 e. The van der Waals surface area contributed by atoms with Gasteiger partial charge in [-0.2, -0.15) is 0 Å². The van der Waals surface area contributed by atoms with Crippen LogP contribution >= 0.6 is 0 Å². The fourth-order valence-electron chi connectivity index (χ4n) is 4.49. The number of hydrogen-bond donors (Lipinski definition) is 2. The Balaban J connectivity index is 0.000000258. The van der Waals surface area contributed by atoms with E-state index in [-0.39, 0.29) is 0 Å². The highest BCUT2D eigenvalue weighted by atomic mass is 16.4. The molecule has 0 unspecified atom stereocenters. The molecular weight excluding hydrogens is 368 g/mol. The van der Waals surface area contributed by atoms with Crippen molar-refractivity contribution in [3.05, 3.63) is 59.3 Å². The summed E-state index contributed by atoms with van der Waals surface area (Å²) in [4.78, 5) is 21.6. The van der Waals surface area contributed by atoms with Crippen LogP contribution in [0.15, 0.2) is 48.2 Å². The molecule has 2 atom stereocenters. The monoisotopic (exact) mass is 396 g/mol. The van der Waals surface area contributed by atoms with Gasteiger partial charge in [-0.15, -0.1) is 0 Å². The first-order valence-corrected chi connectivity index (χ1v) is 9.82. The number of aliphatic carboxylic acids is 2. The molecular formula is C23H28N2O4. The fourth-order valence-corrected chi connectivity index (χ4v) is 4.49. The Morgan fingerprint density at radius 1 is 1.17 bits per heavy atom. The zero-order valence-corrected chi connectivity index (χ0v) is 17.3. The van der Waals surface area contributed by atoms with Crippen LogP contribution < -0.4 is 0 Å². The van der Waals surface area contributed by atoms with Gasteiger partial charge in [0.05, 0.1) is 0 Å². The number of hydrogen-bond acceptors (Lipinski definition) is 3. The number of benzene rings is 1. The lowest BCUT2D eigenvalue weighted by atomic mass is 9.77. The van der Waals surface area contributed by atoms with E-state index >= 15 is 0 Å². The maximum absolute atomic E-state index is 9.55. The van der Waals surface area contributed by atoms with Gasteiger partial charge in [0.25, 0.3) is 0 Å². The van der Waals surface area contributed by atoms with Crippen LogP contribution in [-0.4, -0.2) is 51.3 Å². The van der Waals surface area contributed by atoms with Gasteiger partial charge < -0.3 is 14.8 Å². The highest BCUT2D eigenvalue weighted by Crippen LogP contribution is 2.43. The minimum atomic E-state index is -1.26. The smallest absolute Gasteiger partial charge is 0.328 e. The molecule has 0 radical (unpaired) electrons.